The summed E-state index contributed by atoms with van der Waals surface area (Å²) in [6.45, 7) is 0. The summed E-state index contributed by atoms with van der Waals surface area (Å²) in [4.78, 5) is 10.1. The molecule has 1 unspecified atom stereocenters. The molecule has 1 aliphatic rings. The molecule has 0 radical (unpaired) electrons. The molecule has 0 spiro atoms. The van der Waals surface area contributed by atoms with Crippen molar-refractivity contribution in [3.8, 4) is 0 Å². The minimum absolute atomic E-state index is 0.210. The Morgan fingerprint density at radius 1 is 1.41 bits per heavy atom. The van der Waals surface area contributed by atoms with Crippen LogP contribution in [0.5, 0.6) is 0 Å². The average molecular weight is 236 g/mol. The van der Waals surface area contributed by atoms with Crippen LogP contribution in [-0.2, 0) is 4.74 Å². The summed E-state index contributed by atoms with van der Waals surface area (Å²) in [5, 5.41) is 13.5. The molecule has 88 valence electrons. The van der Waals surface area contributed by atoms with E-state index in [2.05, 4.69) is 5.32 Å². The number of halogens is 1. The van der Waals surface area contributed by atoms with Gasteiger partial charge in [0.1, 0.15) is 11.5 Å². The van der Waals surface area contributed by atoms with Crippen molar-refractivity contribution in [2.24, 2.45) is 0 Å². The smallest absolute Gasteiger partial charge is 0.295 e. The molecule has 1 N–H and O–H groups in total. The van der Waals surface area contributed by atoms with Crippen molar-refractivity contribution in [2.45, 2.75) is 6.23 Å². The Hall–Kier alpha value is -2.37. The minimum atomic E-state index is -0.651. The molecular formula is C11H9FN2O3. The average Bonchev–Trinajstić information content (AvgIpc) is 2.32. The van der Waals surface area contributed by atoms with Crippen LogP contribution in [0.15, 0.2) is 42.7 Å². The summed E-state index contributed by atoms with van der Waals surface area (Å²) in [5.74, 6) is -0.651. The summed E-state index contributed by atoms with van der Waals surface area (Å²) in [6.07, 6.45) is 6.10. The Morgan fingerprint density at radius 2 is 2.24 bits per heavy atom. The maximum atomic E-state index is 12.9. The van der Waals surface area contributed by atoms with E-state index in [0.29, 0.717) is 0 Å². The second-order valence-corrected chi connectivity index (χ2v) is 3.33. The van der Waals surface area contributed by atoms with Gasteiger partial charge in [-0.25, -0.2) is 4.39 Å². The van der Waals surface area contributed by atoms with Crippen molar-refractivity contribution in [3.63, 3.8) is 0 Å². The zero-order chi connectivity index (χ0) is 12.3. The topological polar surface area (TPSA) is 64.4 Å². The monoisotopic (exact) mass is 236 g/mol. The molecule has 1 heterocycles. The van der Waals surface area contributed by atoms with Crippen LogP contribution in [0.2, 0.25) is 0 Å². The summed E-state index contributed by atoms with van der Waals surface area (Å²) < 4.78 is 18.0. The number of benzene rings is 1. The number of nitrogens with zero attached hydrogens (tertiary/aromatic N) is 1. The molecule has 6 heteroatoms. The van der Waals surface area contributed by atoms with E-state index in [-0.39, 0.29) is 11.4 Å². The molecule has 0 fully saturated rings. The van der Waals surface area contributed by atoms with E-state index in [1.54, 1.807) is 18.2 Å². The minimum Gasteiger partial charge on any atom is -0.475 e. The van der Waals surface area contributed by atoms with Crippen LogP contribution in [0, 0.1) is 15.9 Å². The van der Waals surface area contributed by atoms with Crippen molar-refractivity contribution in [1.82, 2.24) is 0 Å². The fourth-order valence-electron chi connectivity index (χ4n) is 1.40. The SMILES string of the molecule is O=[N+]([O-])c1cc(F)ccc1NC1C=CC=CO1. The van der Waals surface area contributed by atoms with Gasteiger partial charge in [0, 0.05) is 0 Å². The number of rotatable bonds is 3. The van der Waals surface area contributed by atoms with Crippen LogP contribution >= 0.6 is 0 Å². The molecule has 5 nitrogen and oxygen atoms in total. The predicted octanol–water partition coefficient (Wildman–Crippen LogP) is 2.57. The Balaban J connectivity index is 2.23. The van der Waals surface area contributed by atoms with Gasteiger partial charge in [-0.3, -0.25) is 10.1 Å². The van der Waals surface area contributed by atoms with Crippen LogP contribution in [0.3, 0.4) is 0 Å². The standard InChI is InChI=1S/C11H9FN2O3/c12-8-4-5-9(10(7-8)14(15)16)13-11-3-1-2-6-17-11/h1-7,11,13H. The maximum absolute atomic E-state index is 12.9. The first-order chi connectivity index (χ1) is 8.16. The van der Waals surface area contributed by atoms with E-state index in [1.807, 2.05) is 0 Å². The van der Waals surface area contributed by atoms with Gasteiger partial charge in [0.25, 0.3) is 5.69 Å². The van der Waals surface area contributed by atoms with Gasteiger partial charge in [-0.1, -0.05) is 6.08 Å². The van der Waals surface area contributed by atoms with Crippen LogP contribution in [0.4, 0.5) is 15.8 Å². The summed E-state index contributed by atoms with van der Waals surface area (Å²) in [7, 11) is 0. The number of hydrogen-bond donors (Lipinski definition) is 1. The summed E-state index contributed by atoms with van der Waals surface area (Å²) in [6, 6.07) is 3.32. The largest absolute Gasteiger partial charge is 0.475 e. The Morgan fingerprint density at radius 3 is 2.88 bits per heavy atom. The molecule has 0 aromatic heterocycles. The highest BCUT2D eigenvalue weighted by Gasteiger charge is 2.17. The van der Waals surface area contributed by atoms with Crippen molar-refractivity contribution in [1.29, 1.82) is 0 Å². The number of allylic oxidation sites excluding steroid dienone is 2. The van der Waals surface area contributed by atoms with Gasteiger partial charge in [0.2, 0.25) is 0 Å². The van der Waals surface area contributed by atoms with Crippen LogP contribution < -0.4 is 5.32 Å². The van der Waals surface area contributed by atoms with Gasteiger partial charge >= 0.3 is 0 Å². The summed E-state index contributed by atoms with van der Waals surface area (Å²) >= 11 is 0. The third-order valence-corrected chi connectivity index (χ3v) is 2.15. The van der Waals surface area contributed by atoms with Crippen LogP contribution in [0.25, 0.3) is 0 Å². The predicted molar refractivity (Wildman–Crippen MR) is 59.8 cm³/mol. The quantitative estimate of drug-likeness (QED) is 0.647. The maximum Gasteiger partial charge on any atom is 0.295 e. The fourth-order valence-corrected chi connectivity index (χ4v) is 1.40. The van der Waals surface area contributed by atoms with Crippen molar-refractivity contribution in [2.75, 3.05) is 5.32 Å². The van der Waals surface area contributed by atoms with E-state index < -0.39 is 17.0 Å². The molecule has 1 atom stereocenters. The highest BCUT2D eigenvalue weighted by Crippen LogP contribution is 2.26. The molecule has 2 rings (SSSR count). The second kappa shape index (κ2) is 4.65. The molecule has 1 aromatic carbocycles. The number of nitro groups is 1. The van der Waals surface area contributed by atoms with E-state index in [9.17, 15) is 14.5 Å². The Bertz CT molecular complexity index is 499. The summed E-state index contributed by atoms with van der Waals surface area (Å²) in [5.41, 5.74) is -0.113. The van der Waals surface area contributed by atoms with Crippen molar-refractivity contribution in [3.05, 3.63) is 58.6 Å². The fraction of sp³-hybridized carbons (Fsp3) is 0.0909. The van der Waals surface area contributed by atoms with E-state index in [4.69, 9.17) is 4.74 Å². The Labute approximate surface area is 96.4 Å². The van der Waals surface area contributed by atoms with Crippen molar-refractivity contribution < 1.29 is 14.1 Å². The van der Waals surface area contributed by atoms with E-state index in [0.717, 1.165) is 12.1 Å². The number of hydrogen-bond acceptors (Lipinski definition) is 4. The number of anilines is 1. The zero-order valence-electron chi connectivity index (χ0n) is 8.67. The lowest BCUT2D eigenvalue weighted by Crippen LogP contribution is -2.20. The van der Waals surface area contributed by atoms with Crippen LogP contribution in [-0.4, -0.2) is 11.2 Å². The molecule has 0 saturated heterocycles. The van der Waals surface area contributed by atoms with E-state index >= 15 is 0 Å². The molecule has 1 aliphatic heterocycles. The Kier molecular flexibility index (Phi) is 3.04. The molecule has 0 aliphatic carbocycles. The van der Waals surface area contributed by atoms with Gasteiger partial charge in [-0.05, 0) is 24.3 Å². The third-order valence-electron chi connectivity index (χ3n) is 2.15. The lowest BCUT2D eigenvalue weighted by atomic mass is 10.2. The second-order valence-electron chi connectivity index (χ2n) is 3.33. The highest BCUT2D eigenvalue weighted by atomic mass is 19.1. The molecule has 1 aromatic rings. The molecule has 0 amide bonds. The first-order valence-electron chi connectivity index (χ1n) is 4.86. The molecule has 17 heavy (non-hydrogen) atoms. The lowest BCUT2D eigenvalue weighted by molar-refractivity contribution is -0.384. The van der Waals surface area contributed by atoms with Crippen molar-refractivity contribution >= 4 is 11.4 Å². The lowest BCUT2D eigenvalue weighted by Gasteiger charge is -2.17. The highest BCUT2D eigenvalue weighted by molar-refractivity contribution is 5.62. The van der Waals surface area contributed by atoms with Crippen LogP contribution in [0.1, 0.15) is 0 Å². The first kappa shape index (κ1) is 11.1. The molecule has 0 bridgehead atoms. The van der Waals surface area contributed by atoms with Gasteiger partial charge in [-0.2, -0.15) is 0 Å². The number of ether oxygens (including phenoxy) is 1. The van der Waals surface area contributed by atoms with E-state index in [1.165, 1.54) is 12.3 Å². The van der Waals surface area contributed by atoms with Gasteiger partial charge < -0.3 is 10.1 Å². The van der Waals surface area contributed by atoms with Gasteiger partial charge in [0.15, 0.2) is 6.23 Å². The van der Waals surface area contributed by atoms with Gasteiger partial charge in [-0.15, -0.1) is 0 Å². The number of nitro benzene ring substituents is 1. The molecular weight excluding hydrogens is 227 g/mol. The zero-order valence-corrected chi connectivity index (χ0v) is 8.67. The normalized spacial score (nSPS) is 17.6. The third kappa shape index (κ3) is 2.60. The number of nitrogens with one attached hydrogen (secondary N) is 1. The van der Waals surface area contributed by atoms with Gasteiger partial charge in [0.05, 0.1) is 17.3 Å². The molecule has 0 saturated carbocycles. The first-order valence-corrected chi connectivity index (χ1v) is 4.86.